The van der Waals surface area contributed by atoms with Gasteiger partial charge in [-0.3, -0.25) is 0 Å². The molecule has 0 saturated carbocycles. The molecule has 0 radical (unpaired) electrons. The zero-order chi connectivity index (χ0) is 18.4. The lowest BCUT2D eigenvalue weighted by Crippen LogP contribution is -3.06. The quantitative estimate of drug-likeness (QED) is 0.612. The van der Waals surface area contributed by atoms with Gasteiger partial charge in [0.05, 0.1) is 39.2 Å². The lowest BCUT2D eigenvalue weighted by molar-refractivity contribution is -0.856. The van der Waals surface area contributed by atoms with Crippen molar-refractivity contribution in [3.63, 3.8) is 0 Å². The molecule has 1 heterocycles. The van der Waals surface area contributed by atoms with Gasteiger partial charge in [-0.15, -0.1) is 0 Å². The molecule has 1 aromatic rings. The Bertz CT molecular complexity index is 669. The molecule has 0 atom stereocenters. The smallest absolute Gasteiger partial charge is 0.243 e. The van der Waals surface area contributed by atoms with Gasteiger partial charge < -0.3 is 19.9 Å². The van der Waals surface area contributed by atoms with Crippen molar-refractivity contribution < 1.29 is 18.1 Å². The van der Waals surface area contributed by atoms with Crippen molar-refractivity contribution in [3.8, 4) is 5.75 Å². The van der Waals surface area contributed by atoms with Crippen molar-refractivity contribution in [2.24, 2.45) is 0 Å². The topological polar surface area (TPSA) is 66.3 Å². The summed E-state index contributed by atoms with van der Waals surface area (Å²) >= 11 is 5.40. The highest BCUT2D eigenvalue weighted by Crippen LogP contribution is 2.20. The number of rotatable bonds is 6. The third-order valence-electron chi connectivity index (χ3n) is 4.12. The van der Waals surface area contributed by atoms with Gasteiger partial charge in [-0.1, -0.05) is 0 Å². The van der Waals surface area contributed by atoms with Crippen LogP contribution in [0.2, 0.25) is 0 Å². The molecule has 1 aliphatic rings. The number of hydrogen-bond donors (Lipinski definition) is 2. The Balaban J connectivity index is 1.90. The molecule has 7 nitrogen and oxygen atoms in total. The fraction of sp³-hybridized carbons (Fsp3) is 0.562. The number of benzene rings is 1. The molecule has 0 unspecified atom stereocenters. The number of methoxy groups -OCH3 is 1. The van der Waals surface area contributed by atoms with E-state index in [2.05, 4.69) is 19.4 Å². The summed E-state index contributed by atoms with van der Waals surface area (Å²) in [4.78, 5) is 3.67. The summed E-state index contributed by atoms with van der Waals surface area (Å²) in [6.07, 6.45) is 0. The Morgan fingerprint density at radius 1 is 1.20 bits per heavy atom. The summed E-state index contributed by atoms with van der Waals surface area (Å²) in [5.41, 5.74) is 0. The van der Waals surface area contributed by atoms with Crippen LogP contribution in [0.25, 0.3) is 0 Å². The SMILES string of the molecule is COc1ccc(S(=O)(=O)N2CCN(C(=S)NCC[NH+](C)C)CC2)cc1. The minimum absolute atomic E-state index is 0.288. The maximum atomic E-state index is 12.7. The third kappa shape index (κ3) is 5.27. The zero-order valence-corrected chi connectivity index (χ0v) is 16.6. The van der Waals surface area contributed by atoms with E-state index >= 15 is 0 Å². The normalized spacial score (nSPS) is 16.1. The zero-order valence-electron chi connectivity index (χ0n) is 15.0. The molecule has 9 heteroatoms. The van der Waals surface area contributed by atoms with E-state index in [0.717, 1.165) is 13.1 Å². The average Bonchev–Trinajstić information content (AvgIpc) is 2.61. The van der Waals surface area contributed by atoms with Crippen LogP contribution < -0.4 is 15.0 Å². The summed E-state index contributed by atoms with van der Waals surface area (Å²) in [6.45, 7) is 3.83. The summed E-state index contributed by atoms with van der Waals surface area (Å²) in [5, 5.41) is 3.93. The molecule has 2 N–H and O–H groups in total. The Labute approximate surface area is 155 Å². The van der Waals surface area contributed by atoms with Crippen molar-refractivity contribution in [2.45, 2.75) is 4.90 Å². The number of hydrogen-bond acceptors (Lipinski definition) is 4. The highest BCUT2D eigenvalue weighted by molar-refractivity contribution is 7.89. The van der Waals surface area contributed by atoms with Crippen LogP contribution in [0.5, 0.6) is 5.75 Å². The third-order valence-corrected chi connectivity index (χ3v) is 6.44. The van der Waals surface area contributed by atoms with Crippen LogP contribution in [0.3, 0.4) is 0 Å². The second-order valence-electron chi connectivity index (χ2n) is 6.26. The van der Waals surface area contributed by atoms with E-state index in [4.69, 9.17) is 17.0 Å². The standard InChI is InChI=1S/C16H26N4O3S2/c1-18(2)9-8-17-16(24)19-10-12-20(13-11-19)25(21,22)15-6-4-14(23-3)5-7-15/h4-7H,8-13H2,1-3H3,(H,17,24)/p+1. The highest BCUT2D eigenvalue weighted by atomic mass is 32.2. The van der Waals surface area contributed by atoms with Gasteiger partial charge >= 0.3 is 0 Å². The number of nitrogens with one attached hydrogen (secondary N) is 2. The predicted octanol–water partition coefficient (Wildman–Crippen LogP) is -0.979. The second-order valence-corrected chi connectivity index (χ2v) is 8.58. The van der Waals surface area contributed by atoms with Crippen LogP contribution in [0.15, 0.2) is 29.2 Å². The van der Waals surface area contributed by atoms with Crippen LogP contribution in [-0.2, 0) is 10.0 Å². The van der Waals surface area contributed by atoms with Crippen LogP contribution in [0.1, 0.15) is 0 Å². The Kier molecular flexibility index (Phi) is 7.00. The Hall–Kier alpha value is -1.42. The van der Waals surface area contributed by atoms with Crippen molar-refractivity contribution in [1.82, 2.24) is 14.5 Å². The van der Waals surface area contributed by atoms with Crippen molar-refractivity contribution in [1.29, 1.82) is 0 Å². The molecule has 1 fully saturated rings. The maximum absolute atomic E-state index is 12.7. The number of sulfonamides is 1. The summed E-state index contributed by atoms with van der Waals surface area (Å²) in [6, 6.07) is 6.48. The molecule has 0 aliphatic carbocycles. The van der Waals surface area contributed by atoms with Gasteiger partial charge in [0.25, 0.3) is 0 Å². The van der Waals surface area contributed by atoms with E-state index in [9.17, 15) is 8.42 Å². The molecule has 25 heavy (non-hydrogen) atoms. The summed E-state index contributed by atoms with van der Waals surface area (Å²) in [7, 11) is 2.26. The first-order valence-corrected chi connectivity index (χ1v) is 10.2. The first-order chi connectivity index (χ1) is 11.8. The van der Waals surface area contributed by atoms with Gasteiger partial charge in [0.15, 0.2) is 5.11 Å². The minimum atomic E-state index is -3.48. The molecule has 0 amide bonds. The van der Waals surface area contributed by atoms with Crippen molar-refractivity contribution in [2.75, 3.05) is 60.5 Å². The molecule has 1 saturated heterocycles. The van der Waals surface area contributed by atoms with E-state index in [1.165, 1.54) is 9.21 Å². The number of nitrogens with zero attached hydrogens (tertiary/aromatic N) is 2. The van der Waals surface area contributed by atoms with Gasteiger partial charge in [-0.05, 0) is 36.5 Å². The molecule has 1 aliphatic heterocycles. The van der Waals surface area contributed by atoms with Gasteiger partial charge in [-0.25, -0.2) is 8.42 Å². The molecular formula is C16H27N4O3S2+. The molecule has 1 aromatic carbocycles. The molecular weight excluding hydrogens is 360 g/mol. The molecule has 140 valence electrons. The molecule has 0 bridgehead atoms. The molecule has 0 spiro atoms. The second kappa shape index (κ2) is 8.79. The van der Waals surface area contributed by atoms with E-state index < -0.39 is 10.0 Å². The summed E-state index contributed by atoms with van der Waals surface area (Å²) in [5.74, 6) is 0.639. The summed E-state index contributed by atoms with van der Waals surface area (Å²) < 4.78 is 32.0. The lowest BCUT2D eigenvalue weighted by Gasteiger charge is -2.35. The number of likely N-dealkylation sites (N-methyl/N-ethyl adjacent to an activating group) is 1. The van der Waals surface area contributed by atoms with Gasteiger partial charge in [-0.2, -0.15) is 4.31 Å². The number of quaternary nitrogens is 1. The van der Waals surface area contributed by atoms with Crippen LogP contribution in [-0.4, -0.2) is 83.2 Å². The van der Waals surface area contributed by atoms with Crippen LogP contribution in [0.4, 0.5) is 0 Å². The van der Waals surface area contributed by atoms with Crippen LogP contribution >= 0.6 is 12.2 Å². The van der Waals surface area contributed by atoms with Crippen LogP contribution in [0, 0.1) is 0 Å². The highest BCUT2D eigenvalue weighted by Gasteiger charge is 2.29. The van der Waals surface area contributed by atoms with E-state index in [1.807, 2.05) is 4.90 Å². The molecule has 0 aromatic heterocycles. The fourth-order valence-corrected chi connectivity index (χ4v) is 4.27. The Morgan fingerprint density at radius 2 is 1.80 bits per heavy atom. The van der Waals surface area contributed by atoms with Gasteiger partial charge in [0.2, 0.25) is 10.0 Å². The van der Waals surface area contributed by atoms with E-state index in [0.29, 0.717) is 37.0 Å². The first-order valence-electron chi connectivity index (χ1n) is 8.30. The van der Waals surface area contributed by atoms with E-state index in [1.54, 1.807) is 31.4 Å². The number of piperazine rings is 1. The van der Waals surface area contributed by atoms with E-state index in [-0.39, 0.29) is 4.90 Å². The fourth-order valence-electron chi connectivity index (χ4n) is 2.56. The largest absolute Gasteiger partial charge is 0.497 e. The van der Waals surface area contributed by atoms with Crippen molar-refractivity contribution in [3.05, 3.63) is 24.3 Å². The van der Waals surface area contributed by atoms with Gasteiger partial charge in [0.1, 0.15) is 5.75 Å². The predicted molar refractivity (Wildman–Crippen MR) is 102 cm³/mol. The monoisotopic (exact) mass is 387 g/mol. The molecule has 2 rings (SSSR count). The van der Waals surface area contributed by atoms with Crippen molar-refractivity contribution >= 4 is 27.4 Å². The minimum Gasteiger partial charge on any atom is -0.497 e. The number of thiocarbonyl (C=S) groups is 1. The number of ether oxygens (including phenoxy) is 1. The lowest BCUT2D eigenvalue weighted by atomic mass is 10.3. The maximum Gasteiger partial charge on any atom is 0.243 e. The average molecular weight is 388 g/mol. The first kappa shape index (κ1) is 19.9. The van der Waals surface area contributed by atoms with Gasteiger partial charge in [0, 0.05) is 26.2 Å². The Morgan fingerprint density at radius 3 is 2.32 bits per heavy atom.